The molecule has 0 heterocycles. The van der Waals surface area contributed by atoms with Crippen LogP contribution in [0.3, 0.4) is 0 Å². The van der Waals surface area contributed by atoms with Gasteiger partial charge in [-0.15, -0.1) is 0 Å². The average molecular weight is 225 g/mol. The van der Waals surface area contributed by atoms with Crippen LogP contribution in [0.4, 0.5) is 0 Å². The molecule has 0 aromatic rings. The van der Waals surface area contributed by atoms with Crippen molar-refractivity contribution in [1.82, 2.24) is 5.32 Å². The molecule has 92 valence electrons. The van der Waals surface area contributed by atoms with Crippen LogP contribution in [-0.2, 0) is 9.59 Å². The second-order valence-electron chi connectivity index (χ2n) is 5.14. The number of nitrogens with one attached hydrogen (secondary N) is 1. The van der Waals surface area contributed by atoms with Crippen LogP contribution in [0, 0.1) is 5.41 Å². The van der Waals surface area contributed by atoms with Crippen LogP contribution in [0.15, 0.2) is 0 Å². The standard InChI is InChI=1S/C13H23NO2/c1-4-11(15)10(2)14-12(16)13(3)8-6-5-7-9-13/h10H,4-9H2,1-3H3,(H,14,16). The van der Waals surface area contributed by atoms with Gasteiger partial charge in [-0.25, -0.2) is 0 Å². The van der Waals surface area contributed by atoms with Gasteiger partial charge in [0.2, 0.25) is 5.91 Å². The Morgan fingerprint density at radius 1 is 1.25 bits per heavy atom. The summed E-state index contributed by atoms with van der Waals surface area (Å²) in [5.74, 6) is 0.161. The van der Waals surface area contributed by atoms with Crippen molar-refractivity contribution in [2.24, 2.45) is 5.41 Å². The maximum atomic E-state index is 12.1. The van der Waals surface area contributed by atoms with Gasteiger partial charge in [-0.2, -0.15) is 0 Å². The molecule has 3 nitrogen and oxygen atoms in total. The Hall–Kier alpha value is -0.860. The van der Waals surface area contributed by atoms with E-state index in [-0.39, 0.29) is 23.1 Å². The van der Waals surface area contributed by atoms with E-state index in [4.69, 9.17) is 0 Å². The lowest BCUT2D eigenvalue weighted by molar-refractivity contribution is -0.135. The van der Waals surface area contributed by atoms with Crippen molar-refractivity contribution in [3.05, 3.63) is 0 Å². The third kappa shape index (κ3) is 3.06. The maximum Gasteiger partial charge on any atom is 0.226 e. The number of hydrogen-bond acceptors (Lipinski definition) is 2. The zero-order valence-corrected chi connectivity index (χ0v) is 10.6. The summed E-state index contributed by atoms with van der Waals surface area (Å²) in [6.45, 7) is 5.62. The Labute approximate surface area is 98.0 Å². The second kappa shape index (κ2) is 5.46. The molecule has 0 aromatic heterocycles. The zero-order chi connectivity index (χ0) is 12.2. The molecule has 0 radical (unpaired) electrons. The molecule has 0 saturated heterocycles. The summed E-state index contributed by atoms with van der Waals surface area (Å²) in [7, 11) is 0. The largest absolute Gasteiger partial charge is 0.346 e. The van der Waals surface area contributed by atoms with Gasteiger partial charge in [0.1, 0.15) is 0 Å². The molecule has 1 fully saturated rings. The SMILES string of the molecule is CCC(=O)C(C)NC(=O)C1(C)CCCCC1. The molecule has 1 aliphatic carbocycles. The average Bonchev–Trinajstić information content (AvgIpc) is 2.28. The first-order valence-corrected chi connectivity index (χ1v) is 6.33. The van der Waals surface area contributed by atoms with Gasteiger partial charge in [-0.3, -0.25) is 9.59 Å². The van der Waals surface area contributed by atoms with Crippen LogP contribution in [0.2, 0.25) is 0 Å². The minimum Gasteiger partial charge on any atom is -0.346 e. The predicted octanol–water partition coefficient (Wildman–Crippen LogP) is 2.44. The van der Waals surface area contributed by atoms with Crippen LogP contribution in [0.5, 0.6) is 0 Å². The van der Waals surface area contributed by atoms with Gasteiger partial charge in [0.15, 0.2) is 5.78 Å². The minimum absolute atomic E-state index is 0.0569. The number of carbonyl (C=O) groups excluding carboxylic acids is 2. The second-order valence-corrected chi connectivity index (χ2v) is 5.14. The Kier molecular flexibility index (Phi) is 4.51. The maximum absolute atomic E-state index is 12.1. The molecule has 1 atom stereocenters. The van der Waals surface area contributed by atoms with E-state index in [1.807, 2.05) is 13.8 Å². The molecule has 1 aliphatic rings. The molecule has 1 N–H and O–H groups in total. The van der Waals surface area contributed by atoms with Crippen molar-refractivity contribution in [2.45, 2.75) is 65.3 Å². The van der Waals surface area contributed by atoms with Gasteiger partial charge >= 0.3 is 0 Å². The highest BCUT2D eigenvalue weighted by Gasteiger charge is 2.35. The first kappa shape index (κ1) is 13.2. The highest BCUT2D eigenvalue weighted by atomic mass is 16.2. The van der Waals surface area contributed by atoms with Crippen LogP contribution in [0.1, 0.15) is 59.3 Å². The molecule has 1 amide bonds. The highest BCUT2D eigenvalue weighted by molar-refractivity contribution is 5.90. The molecule has 0 bridgehead atoms. The number of ketones is 1. The van der Waals surface area contributed by atoms with Gasteiger partial charge < -0.3 is 5.32 Å². The molecule has 0 aliphatic heterocycles. The summed E-state index contributed by atoms with van der Waals surface area (Å²) in [5.41, 5.74) is -0.249. The topological polar surface area (TPSA) is 46.2 Å². The van der Waals surface area contributed by atoms with Crippen molar-refractivity contribution in [3.63, 3.8) is 0 Å². The van der Waals surface area contributed by atoms with Crippen molar-refractivity contribution in [2.75, 3.05) is 0 Å². The van der Waals surface area contributed by atoms with E-state index >= 15 is 0 Å². The summed E-state index contributed by atoms with van der Waals surface area (Å²) >= 11 is 0. The number of amides is 1. The molecule has 3 heteroatoms. The highest BCUT2D eigenvalue weighted by Crippen LogP contribution is 2.35. The van der Waals surface area contributed by atoms with Crippen LogP contribution >= 0.6 is 0 Å². The van der Waals surface area contributed by atoms with E-state index in [1.54, 1.807) is 6.92 Å². The monoisotopic (exact) mass is 225 g/mol. The van der Waals surface area contributed by atoms with Gasteiger partial charge in [0.25, 0.3) is 0 Å². The Morgan fingerprint density at radius 2 is 1.81 bits per heavy atom. The van der Waals surface area contributed by atoms with Crippen LogP contribution in [-0.4, -0.2) is 17.7 Å². The lowest BCUT2D eigenvalue weighted by atomic mass is 9.75. The minimum atomic E-state index is -0.337. The summed E-state index contributed by atoms with van der Waals surface area (Å²) in [6, 6.07) is -0.337. The smallest absolute Gasteiger partial charge is 0.226 e. The van der Waals surface area contributed by atoms with E-state index < -0.39 is 0 Å². The molecular formula is C13H23NO2. The molecule has 1 rings (SSSR count). The summed E-state index contributed by atoms with van der Waals surface area (Å²) in [6.07, 6.45) is 5.86. The Bertz CT molecular complexity index is 267. The first-order valence-electron chi connectivity index (χ1n) is 6.33. The van der Waals surface area contributed by atoms with Gasteiger partial charge in [0.05, 0.1) is 6.04 Å². The van der Waals surface area contributed by atoms with Crippen LogP contribution < -0.4 is 5.32 Å². The zero-order valence-electron chi connectivity index (χ0n) is 10.6. The lowest BCUT2D eigenvalue weighted by Crippen LogP contribution is -2.46. The fourth-order valence-electron chi connectivity index (χ4n) is 2.32. The predicted molar refractivity (Wildman–Crippen MR) is 64.1 cm³/mol. The Morgan fingerprint density at radius 3 is 2.31 bits per heavy atom. The van der Waals surface area contributed by atoms with Gasteiger partial charge in [-0.05, 0) is 19.8 Å². The molecule has 16 heavy (non-hydrogen) atoms. The van der Waals surface area contributed by atoms with E-state index in [1.165, 1.54) is 6.42 Å². The lowest BCUT2D eigenvalue weighted by Gasteiger charge is -2.33. The molecule has 0 aromatic carbocycles. The number of rotatable bonds is 4. The molecule has 1 saturated carbocycles. The normalized spacial score (nSPS) is 21.2. The van der Waals surface area contributed by atoms with Gasteiger partial charge in [-0.1, -0.05) is 33.1 Å². The first-order chi connectivity index (χ1) is 7.49. The van der Waals surface area contributed by atoms with E-state index in [9.17, 15) is 9.59 Å². The van der Waals surface area contributed by atoms with Crippen molar-refractivity contribution < 1.29 is 9.59 Å². The van der Waals surface area contributed by atoms with Crippen molar-refractivity contribution >= 4 is 11.7 Å². The van der Waals surface area contributed by atoms with Gasteiger partial charge in [0, 0.05) is 11.8 Å². The third-order valence-electron chi connectivity index (χ3n) is 3.68. The van der Waals surface area contributed by atoms with Crippen molar-refractivity contribution in [3.8, 4) is 0 Å². The molecule has 0 spiro atoms. The third-order valence-corrected chi connectivity index (χ3v) is 3.68. The fourth-order valence-corrected chi connectivity index (χ4v) is 2.32. The van der Waals surface area contributed by atoms with E-state index in [2.05, 4.69) is 5.32 Å². The quantitative estimate of drug-likeness (QED) is 0.798. The van der Waals surface area contributed by atoms with E-state index in [0.717, 1.165) is 25.7 Å². The molecule has 1 unspecified atom stereocenters. The number of hydrogen-bond donors (Lipinski definition) is 1. The summed E-state index contributed by atoms with van der Waals surface area (Å²) in [4.78, 5) is 23.5. The van der Waals surface area contributed by atoms with Crippen molar-refractivity contribution in [1.29, 1.82) is 0 Å². The molecular weight excluding hydrogens is 202 g/mol. The Balaban J connectivity index is 2.53. The van der Waals surface area contributed by atoms with Crippen LogP contribution in [0.25, 0.3) is 0 Å². The number of Topliss-reactive ketones (excluding diaryl/α,β-unsaturated/α-hetero) is 1. The van der Waals surface area contributed by atoms with E-state index in [0.29, 0.717) is 6.42 Å². The summed E-state index contributed by atoms with van der Waals surface area (Å²) < 4.78 is 0. The summed E-state index contributed by atoms with van der Waals surface area (Å²) in [5, 5.41) is 2.85. The number of carbonyl (C=O) groups is 2. The fraction of sp³-hybridized carbons (Fsp3) is 0.846.